The summed E-state index contributed by atoms with van der Waals surface area (Å²) in [5, 5.41) is 0. The van der Waals surface area contributed by atoms with Gasteiger partial charge in [-0.05, 0) is 6.07 Å². The molecule has 0 spiro atoms. The van der Waals surface area contributed by atoms with Crippen LogP contribution in [0.2, 0.25) is 0 Å². The van der Waals surface area contributed by atoms with E-state index in [0.29, 0.717) is 54.7 Å². The summed E-state index contributed by atoms with van der Waals surface area (Å²) in [6, 6.07) is 1.54. The van der Waals surface area contributed by atoms with Crippen LogP contribution in [0.3, 0.4) is 0 Å². The summed E-state index contributed by atoms with van der Waals surface area (Å²) in [4.78, 5) is 11.2. The fourth-order valence-corrected chi connectivity index (χ4v) is 1.79. The Labute approximate surface area is 130 Å². The first-order valence-corrected chi connectivity index (χ1v) is 6.71. The van der Waals surface area contributed by atoms with E-state index >= 15 is 0 Å². The minimum absolute atomic E-state index is 0.277. The van der Waals surface area contributed by atoms with Crippen molar-refractivity contribution in [2.45, 2.75) is 0 Å². The molecule has 0 N–H and O–H groups in total. The van der Waals surface area contributed by atoms with E-state index in [1.54, 1.807) is 14.2 Å². The molecule has 0 saturated carbocycles. The van der Waals surface area contributed by atoms with E-state index in [-0.39, 0.29) is 6.61 Å². The second kappa shape index (κ2) is 9.86. The van der Waals surface area contributed by atoms with Crippen LogP contribution in [-0.2, 0) is 9.47 Å². The quantitative estimate of drug-likeness (QED) is 0.453. The van der Waals surface area contributed by atoms with Crippen LogP contribution < -0.4 is 18.9 Å². The van der Waals surface area contributed by atoms with Gasteiger partial charge in [0.25, 0.3) is 0 Å². The lowest BCUT2D eigenvalue weighted by molar-refractivity contribution is 0.111. The van der Waals surface area contributed by atoms with Crippen LogP contribution in [0.1, 0.15) is 10.4 Å². The highest BCUT2D eigenvalue weighted by atomic mass is 16.6. The third-order valence-corrected chi connectivity index (χ3v) is 2.80. The predicted molar refractivity (Wildman–Crippen MR) is 79.7 cm³/mol. The van der Waals surface area contributed by atoms with E-state index in [9.17, 15) is 4.79 Å². The molecule has 1 aromatic rings. The second-order valence-electron chi connectivity index (χ2n) is 4.16. The van der Waals surface area contributed by atoms with E-state index < -0.39 is 0 Å². The van der Waals surface area contributed by atoms with Crippen LogP contribution in [0.15, 0.2) is 6.07 Å². The van der Waals surface area contributed by atoms with Crippen molar-refractivity contribution in [2.75, 3.05) is 54.9 Å². The summed E-state index contributed by atoms with van der Waals surface area (Å²) in [5.74, 6) is 1.33. The Hall–Kier alpha value is -1.99. The Morgan fingerprint density at radius 1 is 0.818 bits per heavy atom. The number of benzene rings is 1. The van der Waals surface area contributed by atoms with Crippen molar-refractivity contribution in [1.82, 2.24) is 0 Å². The minimum Gasteiger partial charge on any atom is -0.493 e. The van der Waals surface area contributed by atoms with Crippen molar-refractivity contribution in [2.24, 2.45) is 0 Å². The number of hydrogen-bond donors (Lipinski definition) is 0. The molecule has 0 aliphatic carbocycles. The number of aldehydes is 1. The van der Waals surface area contributed by atoms with E-state index in [1.807, 2.05) is 0 Å². The van der Waals surface area contributed by atoms with Crippen molar-refractivity contribution in [3.8, 4) is 23.0 Å². The predicted octanol–water partition coefficient (Wildman–Crippen LogP) is 1.57. The van der Waals surface area contributed by atoms with E-state index in [4.69, 9.17) is 28.4 Å². The Bertz CT molecular complexity index is 473. The van der Waals surface area contributed by atoms with Gasteiger partial charge in [0.05, 0.1) is 33.0 Å². The molecule has 7 nitrogen and oxygen atoms in total. The van der Waals surface area contributed by atoms with Crippen molar-refractivity contribution < 1.29 is 33.2 Å². The Morgan fingerprint density at radius 2 is 1.41 bits per heavy atom. The molecule has 0 aromatic heterocycles. The molecule has 0 unspecified atom stereocenters. The highest BCUT2D eigenvalue weighted by Gasteiger charge is 2.22. The van der Waals surface area contributed by atoms with Gasteiger partial charge < -0.3 is 28.4 Å². The van der Waals surface area contributed by atoms with Crippen molar-refractivity contribution >= 4 is 6.29 Å². The molecule has 22 heavy (non-hydrogen) atoms. The lowest BCUT2D eigenvalue weighted by atomic mass is 10.1. The van der Waals surface area contributed by atoms with Crippen LogP contribution in [0.5, 0.6) is 23.0 Å². The van der Waals surface area contributed by atoms with Gasteiger partial charge in [0.15, 0.2) is 17.8 Å². The lowest BCUT2D eigenvalue weighted by Gasteiger charge is -2.19. The monoisotopic (exact) mass is 314 g/mol. The van der Waals surface area contributed by atoms with Gasteiger partial charge in [-0.3, -0.25) is 4.79 Å². The van der Waals surface area contributed by atoms with E-state index in [1.165, 1.54) is 20.3 Å². The second-order valence-corrected chi connectivity index (χ2v) is 4.16. The average molecular weight is 314 g/mol. The molecular formula is C15H22O7. The fourth-order valence-electron chi connectivity index (χ4n) is 1.79. The van der Waals surface area contributed by atoms with Crippen molar-refractivity contribution in [1.29, 1.82) is 0 Å². The molecule has 0 radical (unpaired) electrons. The molecule has 0 heterocycles. The smallest absolute Gasteiger partial charge is 0.208 e. The number of carbonyl (C=O) groups excluding carboxylic acids is 1. The molecule has 7 heteroatoms. The number of hydrogen-bond acceptors (Lipinski definition) is 7. The molecule has 1 aromatic carbocycles. The molecular weight excluding hydrogens is 292 g/mol. The summed E-state index contributed by atoms with van der Waals surface area (Å²) in [5.41, 5.74) is 0.311. The number of ether oxygens (including phenoxy) is 6. The maximum atomic E-state index is 11.2. The molecule has 0 bridgehead atoms. The Balaban J connectivity index is 3.23. The molecule has 0 aliphatic rings. The van der Waals surface area contributed by atoms with Gasteiger partial charge >= 0.3 is 0 Å². The maximum Gasteiger partial charge on any atom is 0.208 e. The van der Waals surface area contributed by atoms with Gasteiger partial charge in [0.2, 0.25) is 11.5 Å². The summed E-state index contributed by atoms with van der Waals surface area (Å²) in [6.45, 7) is 1.36. The topological polar surface area (TPSA) is 72.5 Å². The first-order chi connectivity index (χ1) is 10.7. The van der Waals surface area contributed by atoms with Crippen molar-refractivity contribution in [3.63, 3.8) is 0 Å². The zero-order valence-corrected chi connectivity index (χ0v) is 13.3. The molecule has 0 atom stereocenters. The first kappa shape index (κ1) is 18.1. The first-order valence-electron chi connectivity index (χ1n) is 6.71. The molecule has 124 valence electrons. The third kappa shape index (κ3) is 4.51. The third-order valence-electron chi connectivity index (χ3n) is 2.80. The van der Waals surface area contributed by atoms with Gasteiger partial charge in [0.1, 0.15) is 13.2 Å². The van der Waals surface area contributed by atoms with Gasteiger partial charge in [-0.25, -0.2) is 0 Å². The number of rotatable bonds is 11. The van der Waals surface area contributed by atoms with E-state index in [2.05, 4.69) is 0 Å². The summed E-state index contributed by atoms with van der Waals surface area (Å²) >= 11 is 0. The average Bonchev–Trinajstić information content (AvgIpc) is 2.55. The molecule has 0 saturated heterocycles. The van der Waals surface area contributed by atoms with Crippen molar-refractivity contribution in [3.05, 3.63) is 11.6 Å². The molecule has 0 amide bonds. The molecule has 0 aliphatic heterocycles. The maximum absolute atomic E-state index is 11.2. The van der Waals surface area contributed by atoms with Crippen LogP contribution in [0, 0.1) is 0 Å². The van der Waals surface area contributed by atoms with Crippen LogP contribution in [-0.4, -0.2) is 61.2 Å². The summed E-state index contributed by atoms with van der Waals surface area (Å²) < 4.78 is 31.8. The Morgan fingerprint density at radius 3 is 1.86 bits per heavy atom. The summed E-state index contributed by atoms with van der Waals surface area (Å²) in [7, 11) is 6.08. The fraction of sp³-hybridized carbons (Fsp3) is 0.533. The zero-order chi connectivity index (χ0) is 16.4. The van der Waals surface area contributed by atoms with Crippen LogP contribution in [0.4, 0.5) is 0 Å². The Kier molecular flexibility index (Phi) is 8.09. The molecule has 1 rings (SSSR count). The number of methoxy groups -OCH3 is 4. The van der Waals surface area contributed by atoms with E-state index in [0.717, 1.165) is 0 Å². The minimum atomic E-state index is 0.277. The highest BCUT2D eigenvalue weighted by molar-refractivity contribution is 5.84. The zero-order valence-electron chi connectivity index (χ0n) is 13.3. The summed E-state index contributed by atoms with van der Waals surface area (Å²) in [6.07, 6.45) is 0.670. The van der Waals surface area contributed by atoms with Gasteiger partial charge in [0, 0.05) is 14.2 Å². The highest BCUT2D eigenvalue weighted by Crippen LogP contribution is 2.46. The standard InChI is InChI=1S/C15H22O7/c1-17-5-7-21-14-12(19-3)9-11(10-16)13(20-4)15(14)22-8-6-18-2/h9-10H,5-8H2,1-4H3. The van der Waals surface area contributed by atoms with Crippen LogP contribution in [0.25, 0.3) is 0 Å². The molecule has 0 fully saturated rings. The van der Waals surface area contributed by atoms with Gasteiger partial charge in [-0.1, -0.05) is 0 Å². The van der Waals surface area contributed by atoms with Crippen LogP contribution >= 0.6 is 0 Å². The van der Waals surface area contributed by atoms with Gasteiger partial charge in [-0.2, -0.15) is 0 Å². The van der Waals surface area contributed by atoms with Gasteiger partial charge in [-0.15, -0.1) is 0 Å². The SMILES string of the molecule is COCCOc1c(OC)cc(C=O)c(OC)c1OCCOC. The lowest BCUT2D eigenvalue weighted by Crippen LogP contribution is -2.11. The largest absolute Gasteiger partial charge is 0.493 e. The number of carbonyl (C=O) groups is 1. The normalized spacial score (nSPS) is 10.2.